The number of hydrogen-bond acceptors (Lipinski definition) is 4. The first-order valence-electron chi connectivity index (χ1n) is 11.5. The van der Waals surface area contributed by atoms with Crippen LogP contribution < -0.4 is 5.43 Å². The van der Waals surface area contributed by atoms with Gasteiger partial charge in [0.1, 0.15) is 17.2 Å². The van der Waals surface area contributed by atoms with E-state index in [0.717, 1.165) is 15.6 Å². The third kappa shape index (κ3) is 5.55. The molecule has 0 bridgehead atoms. The van der Waals surface area contributed by atoms with Crippen molar-refractivity contribution in [2.45, 2.75) is 26.6 Å². The summed E-state index contributed by atoms with van der Waals surface area (Å²) < 4.78 is 36.2. The van der Waals surface area contributed by atoms with Crippen LogP contribution in [0.25, 0.3) is 10.9 Å². The van der Waals surface area contributed by atoms with E-state index in [1.165, 1.54) is 29.0 Å². The van der Waals surface area contributed by atoms with Crippen molar-refractivity contribution in [3.8, 4) is 0 Å². The zero-order valence-corrected chi connectivity index (χ0v) is 21.5. The Morgan fingerprint density at radius 1 is 1.03 bits per heavy atom. The Morgan fingerprint density at radius 3 is 2.39 bits per heavy atom. The summed E-state index contributed by atoms with van der Waals surface area (Å²) in [5, 5.41) is 0.267. The molecule has 0 spiro atoms. The molecule has 0 N–H and O–H groups in total. The van der Waals surface area contributed by atoms with Crippen LogP contribution in [0.4, 0.5) is 8.78 Å². The van der Waals surface area contributed by atoms with Gasteiger partial charge in [0.25, 0.3) is 0 Å². The van der Waals surface area contributed by atoms with Crippen molar-refractivity contribution in [1.82, 2.24) is 9.47 Å². The maximum Gasteiger partial charge on any atom is 0.343 e. The molecule has 36 heavy (non-hydrogen) atoms. The summed E-state index contributed by atoms with van der Waals surface area (Å²) in [5.74, 6) is -2.20. The largest absolute Gasteiger partial charge is 0.462 e. The molecule has 1 heterocycles. The Bertz CT molecular complexity index is 1450. The van der Waals surface area contributed by atoms with E-state index in [0.29, 0.717) is 18.6 Å². The van der Waals surface area contributed by atoms with Crippen molar-refractivity contribution >= 4 is 32.8 Å². The van der Waals surface area contributed by atoms with E-state index in [1.54, 1.807) is 19.1 Å². The minimum Gasteiger partial charge on any atom is -0.462 e. The predicted octanol–water partition coefficient (Wildman–Crippen LogP) is 5.90. The molecule has 0 amide bonds. The van der Waals surface area contributed by atoms with Gasteiger partial charge in [-0.1, -0.05) is 52.3 Å². The number of halogens is 3. The van der Waals surface area contributed by atoms with E-state index in [-0.39, 0.29) is 29.7 Å². The Balaban J connectivity index is 1.80. The molecule has 4 aromatic rings. The van der Waals surface area contributed by atoms with E-state index in [1.807, 2.05) is 37.4 Å². The van der Waals surface area contributed by atoms with Gasteiger partial charge in [-0.25, -0.2) is 13.6 Å². The summed E-state index contributed by atoms with van der Waals surface area (Å²) in [7, 11) is 1.97. The summed E-state index contributed by atoms with van der Waals surface area (Å²) in [6.07, 6.45) is 1.31. The number of aromatic nitrogens is 1. The van der Waals surface area contributed by atoms with Crippen LogP contribution in [0.3, 0.4) is 0 Å². The van der Waals surface area contributed by atoms with Crippen molar-refractivity contribution in [2.24, 2.45) is 0 Å². The molecule has 5 nitrogen and oxygen atoms in total. The fourth-order valence-corrected chi connectivity index (χ4v) is 4.61. The molecule has 4 rings (SSSR count). The number of fused-ring (bicyclic) bond motifs is 1. The standard InChI is InChI=1S/C28H25BrF2N2O3/c1-3-36-28(35)22-17-33(16-21-24(30)10-7-11-25(21)31)26-13-23(29)19(12-20(26)27(22)34)15-32(2)14-18-8-5-4-6-9-18/h4-13,17H,3,14-16H2,1-2H3. The van der Waals surface area contributed by atoms with Crippen LogP contribution in [0.1, 0.15) is 34.0 Å². The van der Waals surface area contributed by atoms with Crippen LogP contribution >= 0.6 is 15.9 Å². The highest BCUT2D eigenvalue weighted by atomic mass is 79.9. The topological polar surface area (TPSA) is 51.5 Å². The third-order valence-corrected chi connectivity index (χ3v) is 6.61. The first-order chi connectivity index (χ1) is 17.3. The molecule has 1 aromatic heterocycles. The summed E-state index contributed by atoms with van der Waals surface area (Å²) in [5.41, 5.74) is 1.58. The van der Waals surface area contributed by atoms with E-state index in [9.17, 15) is 18.4 Å². The number of nitrogens with zero attached hydrogens (tertiary/aromatic N) is 2. The van der Waals surface area contributed by atoms with Crippen LogP contribution in [0.2, 0.25) is 0 Å². The van der Waals surface area contributed by atoms with Gasteiger partial charge in [0.15, 0.2) is 0 Å². The molecule has 0 atom stereocenters. The smallest absolute Gasteiger partial charge is 0.343 e. The molecular weight excluding hydrogens is 530 g/mol. The maximum atomic E-state index is 14.4. The molecular formula is C28H25BrF2N2O3. The lowest BCUT2D eigenvalue weighted by atomic mass is 10.1. The summed E-state index contributed by atoms with van der Waals surface area (Å²) in [4.78, 5) is 28.0. The molecule has 0 aliphatic heterocycles. The maximum absolute atomic E-state index is 14.4. The Morgan fingerprint density at radius 2 is 1.72 bits per heavy atom. The van der Waals surface area contributed by atoms with Crippen LogP contribution in [0, 0.1) is 11.6 Å². The van der Waals surface area contributed by atoms with Gasteiger partial charge in [-0.3, -0.25) is 9.69 Å². The van der Waals surface area contributed by atoms with Crippen molar-refractivity contribution < 1.29 is 18.3 Å². The Hall–Kier alpha value is -3.36. The van der Waals surface area contributed by atoms with Crippen LogP contribution in [0.15, 0.2) is 76.1 Å². The Labute approximate surface area is 216 Å². The van der Waals surface area contributed by atoms with Gasteiger partial charge in [0.05, 0.1) is 18.7 Å². The molecule has 0 saturated heterocycles. The van der Waals surface area contributed by atoms with E-state index < -0.39 is 23.0 Å². The highest BCUT2D eigenvalue weighted by Crippen LogP contribution is 2.26. The molecule has 0 fully saturated rings. The van der Waals surface area contributed by atoms with Crippen molar-refractivity contribution in [3.05, 3.63) is 115 Å². The zero-order valence-electron chi connectivity index (χ0n) is 19.9. The number of carbonyl (C=O) groups is 1. The molecule has 0 aliphatic carbocycles. The van der Waals surface area contributed by atoms with Crippen molar-refractivity contribution in [1.29, 1.82) is 0 Å². The summed E-state index contributed by atoms with van der Waals surface area (Å²) in [6.45, 7) is 2.75. The fourth-order valence-electron chi connectivity index (χ4n) is 4.16. The molecule has 3 aromatic carbocycles. The number of rotatable bonds is 8. The van der Waals surface area contributed by atoms with Gasteiger partial charge in [-0.05, 0) is 49.4 Å². The second-order valence-corrected chi connectivity index (χ2v) is 9.39. The second kappa shape index (κ2) is 11.1. The molecule has 8 heteroatoms. The minimum atomic E-state index is -0.780. The van der Waals surface area contributed by atoms with Gasteiger partial charge in [0.2, 0.25) is 5.43 Å². The normalized spacial score (nSPS) is 11.3. The number of hydrogen-bond donors (Lipinski definition) is 0. The van der Waals surface area contributed by atoms with Gasteiger partial charge in [0, 0.05) is 34.7 Å². The second-order valence-electron chi connectivity index (χ2n) is 8.54. The van der Waals surface area contributed by atoms with E-state index in [4.69, 9.17) is 4.74 Å². The van der Waals surface area contributed by atoms with E-state index >= 15 is 0 Å². The SMILES string of the molecule is CCOC(=O)c1cn(Cc2c(F)cccc2F)c2cc(Br)c(CN(C)Cc3ccccc3)cc2c1=O. The predicted molar refractivity (Wildman–Crippen MR) is 139 cm³/mol. The van der Waals surface area contributed by atoms with Crippen LogP contribution in [-0.4, -0.2) is 29.1 Å². The van der Waals surface area contributed by atoms with E-state index in [2.05, 4.69) is 20.8 Å². The molecule has 0 aliphatic rings. The first-order valence-corrected chi connectivity index (χ1v) is 12.3. The quantitative estimate of drug-likeness (QED) is 0.254. The monoisotopic (exact) mass is 554 g/mol. The van der Waals surface area contributed by atoms with Gasteiger partial charge in [-0.15, -0.1) is 0 Å². The number of carbonyl (C=O) groups excluding carboxylic acids is 1. The van der Waals surface area contributed by atoms with Gasteiger partial charge < -0.3 is 9.30 Å². The average molecular weight is 555 g/mol. The summed E-state index contributed by atoms with van der Waals surface area (Å²) in [6, 6.07) is 17.1. The molecule has 0 unspecified atom stereocenters. The lowest BCUT2D eigenvalue weighted by molar-refractivity contribution is 0.0524. The summed E-state index contributed by atoms with van der Waals surface area (Å²) >= 11 is 3.59. The molecule has 0 radical (unpaired) electrons. The molecule has 186 valence electrons. The number of pyridine rings is 1. The molecule has 0 saturated carbocycles. The Kier molecular flexibility index (Phi) is 7.96. The van der Waals surface area contributed by atoms with Crippen LogP contribution in [0.5, 0.6) is 0 Å². The third-order valence-electron chi connectivity index (χ3n) is 5.87. The van der Waals surface area contributed by atoms with Gasteiger partial charge in [-0.2, -0.15) is 0 Å². The number of ether oxygens (including phenoxy) is 1. The number of benzene rings is 3. The number of esters is 1. The van der Waals surface area contributed by atoms with Crippen LogP contribution in [-0.2, 0) is 24.4 Å². The fraction of sp³-hybridized carbons (Fsp3) is 0.214. The minimum absolute atomic E-state index is 0.0914. The zero-order chi connectivity index (χ0) is 25.8. The highest BCUT2D eigenvalue weighted by molar-refractivity contribution is 9.10. The highest BCUT2D eigenvalue weighted by Gasteiger charge is 2.20. The first kappa shape index (κ1) is 25.7. The van der Waals surface area contributed by atoms with Crippen molar-refractivity contribution in [2.75, 3.05) is 13.7 Å². The van der Waals surface area contributed by atoms with Gasteiger partial charge >= 0.3 is 5.97 Å². The lowest BCUT2D eigenvalue weighted by Gasteiger charge is -2.20. The average Bonchev–Trinajstić information content (AvgIpc) is 2.84. The lowest BCUT2D eigenvalue weighted by Crippen LogP contribution is -2.22. The van der Waals surface area contributed by atoms with Crippen molar-refractivity contribution in [3.63, 3.8) is 0 Å².